The third kappa shape index (κ3) is 4.51. The Balaban J connectivity index is 1.71. The van der Waals surface area contributed by atoms with Crippen LogP contribution in [-0.4, -0.2) is 18.1 Å². The summed E-state index contributed by atoms with van der Waals surface area (Å²) in [5, 5.41) is 4.10. The van der Waals surface area contributed by atoms with Gasteiger partial charge in [-0.15, -0.1) is 0 Å². The van der Waals surface area contributed by atoms with E-state index in [0.717, 1.165) is 41.5 Å². The molecule has 2 aromatic rings. The van der Waals surface area contributed by atoms with Gasteiger partial charge in [0.25, 0.3) is 0 Å². The van der Waals surface area contributed by atoms with E-state index in [0.29, 0.717) is 6.61 Å². The summed E-state index contributed by atoms with van der Waals surface area (Å²) in [6.45, 7) is 4.24. The molecule has 0 aliphatic carbocycles. The molecule has 0 unspecified atom stereocenters. The maximum absolute atomic E-state index is 6.07. The van der Waals surface area contributed by atoms with Gasteiger partial charge in [0.05, 0.1) is 5.69 Å². The van der Waals surface area contributed by atoms with Gasteiger partial charge in [-0.25, -0.2) is 0 Å². The normalized spacial score (nSPS) is 10.5. The monoisotopic (exact) mass is 290 g/mol. The SMILES string of the molecule is CCc1cc(OCCNCc2ccccn2)ccc1Cl. The lowest BCUT2D eigenvalue weighted by Gasteiger charge is -2.09. The van der Waals surface area contributed by atoms with Crippen molar-refractivity contribution < 1.29 is 4.74 Å². The van der Waals surface area contributed by atoms with Crippen molar-refractivity contribution in [2.75, 3.05) is 13.2 Å². The number of hydrogen-bond acceptors (Lipinski definition) is 3. The van der Waals surface area contributed by atoms with Crippen LogP contribution in [0.2, 0.25) is 5.02 Å². The first-order chi connectivity index (χ1) is 9.79. The number of nitrogens with one attached hydrogen (secondary N) is 1. The Morgan fingerprint density at radius 3 is 2.90 bits per heavy atom. The molecule has 106 valence electrons. The average molecular weight is 291 g/mol. The third-order valence-electron chi connectivity index (χ3n) is 2.98. The molecule has 1 aromatic heterocycles. The first-order valence-corrected chi connectivity index (χ1v) is 7.19. The molecule has 2 rings (SSSR count). The molecule has 0 bridgehead atoms. The Hall–Kier alpha value is -1.58. The molecule has 0 aliphatic rings. The molecular formula is C16H19ClN2O. The lowest BCUT2D eigenvalue weighted by atomic mass is 10.1. The van der Waals surface area contributed by atoms with Crippen molar-refractivity contribution in [1.29, 1.82) is 0 Å². The number of ether oxygens (including phenoxy) is 1. The summed E-state index contributed by atoms with van der Waals surface area (Å²) < 4.78 is 5.70. The van der Waals surface area contributed by atoms with Gasteiger partial charge in [-0.2, -0.15) is 0 Å². The van der Waals surface area contributed by atoms with Crippen molar-refractivity contribution >= 4 is 11.6 Å². The third-order valence-corrected chi connectivity index (χ3v) is 3.35. The van der Waals surface area contributed by atoms with Gasteiger partial charge in [0, 0.05) is 24.3 Å². The quantitative estimate of drug-likeness (QED) is 0.793. The summed E-state index contributed by atoms with van der Waals surface area (Å²) in [6.07, 6.45) is 2.71. The zero-order chi connectivity index (χ0) is 14.2. The molecule has 1 heterocycles. The second-order valence-electron chi connectivity index (χ2n) is 4.45. The van der Waals surface area contributed by atoms with Crippen LogP contribution < -0.4 is 10.1 Å². The predicted molar refractivity (Wildman–Crippen MR) is 82.3 cm³/mol. The van der Waals surface area contributed by atoms with Crippen molar-refractivity contribution in [3.8, 4) is 5.75 Å². The van der Waals surface area contributed by atoms with Crippen LogP contribution >= 0.6 is 11.6 Å². The Morgan fingerprint density at radius 2 is 2.15 bits per heavy atom. The fourth-order valence-electron chi connectivity index (χ4n) is 1.87. The van der Waals surface area contributed by atoms with Crippen LogP contribution in [0.15, 0.2) is 42.6 Å². The van der Waals surface area contributed by atoms with E-state index in [4.69, 9.17) is 16.3 Å². The summed E-state index contributed by atoms with van der Waals surface area (Å²) in [6, 6.07) is 11.7. The largest absolute Gasteiger partial charge is 0.492 e. The fraction of sp³-hybridized carbons (Fsp3) is 0.312. The highest BCUT2D eigenvalue weighted by Crippen LogP contribution is 2.22. The topological polar surface area (TPSA) is 34.1 Å². The summed E-state index contributed by atoms with van der Waals surface area (Å²) in [5.41, 5.74) is 2.15. The van der Waals surface area contributed by atoms with E-state index in [9.17, 15) is 0 Å². The molecule has 3 nitrogen and oxygen atoms in total. The number of halogens is 1. The minimum absolute atomic E-state index is 0.623. The molecule has 4 heteroatoms. The van der Waals surface area contributed by atoms with Crippen LogP contribution in [0.5, 0.6) is 5.75 Å². The van der Waals surface area contributed by atoms with Gasteiger partial charge in [-0.05, 0) is 42.3 Å². The first-order valence-electron chi connectivity index (χ1n) is 6.81. The highest BCUT2D eigenvalue weighted by Gasteiger charge is 2.01. The van der Waals surface area contributed by atoms with Gasteiger partial charge in [-0.1, -0.05) is 24.6 Å². The second kappa shape index (κ2) is 7.88. The second-order valence-corrected chi connectivity index (χ2v) is 4.86. The summed E-state index contributed by atoms with van der Waals surface area (Å²) in [7, 11) is 0. The number of aryl methyl sites for hydroxylation is 1. The maximum Gasteiger partial charge on any atom is 0.119 e. The van der Waals surface area contributed by atoms with Gasteiger partial charge in [0.15, 0.2) is 0 Å². The lowest BCUT2D eigenvalue weighted by Crippen LogP contribution is -2.21. The average Bonchev–Trinajstić information content (AvgIpc) is 2.49. The summed E-state index contributed by atoms with van der Waals surface area (Å²) in [4.78, 5) is 4.25. The van der Waals surface area contributed by atoms with Crippen molar-refractivity contribution in [3.63, 3.8) is 0 Å². The molecule has 0 saturated carbocycles. The highest BCUT2D eigenvalue weighted by molar-refractivity contribution is 6.31. The van der Waals surface area contributed by atoms with Crippen LogP contribution in [-0.2, 0) is 13.0 Å². The summed E-state index contributed by atoms with van der Waals surface area (Å²) in [5.74, 6) is 0.867. The molecule has 20 heavy (non-hydrogen) atoms. The molecular weight excluding hydrogens is 272 g/mol. The Bertz CT molecular complexity index is 531. The number of rotatable bonds is 7. The van der Waals surface area contributed by atoms with Crippen molar-refractivity contribution in [1.82, 2.24) is 10.3 Å². The van der Waals surface area contributed by atoms with Gasteiger partial charge >= 0.3 is 0 Å². The van der Waals surface area contributed by atoms with E-state index < -0.39 is 0 Å². The highest BCUT2D eigenvalue weighted by atomic mass is 35.5. The fourth-order valence-corrected chi connectivity index (χ4v) is 2.12. The zero-order valence-corrected chi connectivity index (χ0v) is 12.4. The van der Waals surface area contributed by atoms with Crippen LogP contribution in [0, 0.1) is 0 Å². The number of benzene rings is 1. The minimum atomic E-state index is 0.623. The molecule has 0 radical (unpaired) electrons. The molecule has 0 saturated heterocycles. The smallest absolute Gasteiger partial charge is 0.119 e. The van der Waals surface area contributed by atoms with Crippen LogP contribution in [0.4, 0.5) is 0 Å². The number of nitrogens with zero attached hydrogens (tertiary/aromatic N) is 1. The Kier molecular flexibility index (Phi) is 5.84. The van der Waals surface area contributed by atoms with Gasteiger partial charge < -0.3 is 10.1 Å². The predicted octanol–water partition coefficient (Wildman–Crippen LogP) is 3.47. The van der Waals surface area contributed by atoms with Crippen molar-refractivity contribution in [2.45, 2.75) is 19.9 Å². The number of hydrogen-bond donors (Lipinski definition) is 1. The van der Waals surface area contributed by atoms with E-state index in [1.807, 2.05) is 36.4 Å². The molecule has 1 N–H and O–H groups in total. The molecule has 1 aromatic carbocycles. The standard InChI is InChI=1S/C16H19ClN2O/c1-2-13-11-15(6-7-16(13)17)20-10-9-18-12-14-5-3-4-8-19-14/h3-8,11,18H,2,9-10,12H2,1H3. The molecule has 0 fully saturated rings. The van der Waals surface area contributed by atoms with Gasteiger partial charge in [-0.3, -0.25) is 4.98 Å². The van der Waals surface area contributed by atoms with E-state index in [2.05, 4.69) is 17.2 Å². The molecule has 0 spiro atoms. The van der Waals surface area contributed by atoms with Crippen molar-refractivity contribution in [2.24, 2.45) is 0 Å². The Labute approximate surface area is 124 Å². The van der Waals surface area contributed by atoms with Crippen LogP contribution in [0.3, 0.4) is 0 Å². The van der Waals surface area contributed by atoms with E-state index in [1.165, 1.54) is 0 Å². The van der Waals surface area contributed by atoms with Crippen LogP contribution in [0.1, 0.15) is 18.2 Å². The zero-order valence-electron chi connectivity index (χ0n) is 11.6. The first kappa shape index (κ1) is 14.8. The Morgan fingerprint density at radius 1 is 1.25 bits per heavy atom. The van der Waals surface area contributed by atoms with E-state index >= 15 is 0 Å². The maximum atomic E-state index is 6.07. The van der Waals surface area contributed by atoms with Gasteiger partial charge in [0.2, 0.25) is 0 Å². The van der Waals surface area contributed by atoms with Crippen LogP contribution in [0.25, 0.3) is 0 Å². The molecule has 0 atom stereocenters. The summed E-state index contributed by atoms with van der Waals surface area (Å²) >= 11 is 6.07. The molecule has 0 amide bonds. The van der Waals surface area contributed by atoms with E-state index in [1.54, 1.807) is 6.20 Å². The van der Waals surface area contributed by atoms with E-state index in [-0.39, 0.29) is 0 Å². The lowest BCUT2D eigenvalue weighted by molar-refractivity contribution is 0.313. The molecule has 0 aliphatic heterocycles. The number of pyridine rings is 1. The van der Waals surface area contributed by atoms with Gasteiger partial charge in [0.1, 0.15) is 12.4 Å². The number of aromatic nitrogens is 1. The minimum Gasteiger partial charge on any atom is -0.492 e. The van der Waals surface area contributed by atoms with Crippen molar-refractivity contribution in [3.05, 3.63) is 58.9 Å².